The third-order valence-electron chi connectivity index (χ3n) is 3.56. The molecule has 0 bridgehead atoms. The maximum Gasteiger partial charge on any atom is 0.261 e. The summed E-state index contributed by atoms with van der Waals surface area (Å²) in [5.41, 5.74) is 7.46. The average molecular weight is 387 g/mol. The number of carbonyl (C=O) groups is 1. The molecule has 3 aromatic rings. The molecule has 0 atom stereocenters. The fraction of sp³-hybridized carbons (Fsp3) is 0.118. The van der Waals surface area contributed by atoms with Gasteiger partial charge >= 0.3 is 0 Å². The summed E-state index contributed by atoms with van der Waals surface area (Å²) >= 11 is 3.34. The van der Waals surface area contributed by atoms with Crippen molar-refractivity contribution in [2.24, 2.45) is 0 Å². The summed E-state index contributed by atoms with van der Waals surface area (Å²) in [7, 11) is 0. The Morgan fingerprint density at radius 3 is 2.71 bits per heavy atom. The first-order valence-corrected chi connectivity index (χ1v) is 8.09. The molecule has 0 saturated carbocycles. The van der Waals surface area contributed by atoms with Gasteiger partial charge in [0.1, 0.15) is 6.54 Å². The van der Waals surface area contributed by atoms with E-state index in [1.54, 1.807) is 12.1 Å². The Labute approximate surface area is 146 Å². The summed E-state index contributed by atoms with van der Waals surface area (Å²) in [5.74, 6) is -0.339. The number of hydrazine groups is 1. The van der Waals surface area contributed by atoms with Crippen molar-refractivity contribution in [3.05, 3.63) is 69.2 Å². The number of nitrogens with zero attached hydrogens (tertiary/aromatic N) is 2. The van der Waals surface area contributed by atoms with Gasteiger partial charge in [0, 0.05) is 4.47 Å². The molecule has 1 aromatic heterocycles. The molecule has 0 aliphatic rings. The predicted molar refractivity (Wildman–Crippen MR) is 96.6 cm³/mol. The molecule has 3 rings (SSSR count). The van der Waals surface area contributed by atoms with Gasteiger partial charge in [-0.1, -0.05) is 28.1 Å². The molecule has 1 heterocycles. The lowest BCUT2D eigenvalue weighted by Gasteiger charge is -2.10. The molecule has 0 aliphatic heterocycles. The summed E-state index contributed by atoms with van der Waals surface area (Å²) in [6, 6.07) is 12.8. The summed E-state index contributed by atoms with van der Waals surface area (Å²) in [5, 5.41) is 0.506. The highest BCUT2D eigenvalue weighted by molar-refractivity contribution is 9.10. The molecule has 2 N–H and O–H groups in total. The van der Waals surface area contributed by atoms with Crippen molar-refractivity contribution < 1.29 is 4.79 Å². The van der Waals surface area contributed by atoms with Crippen LogP contribution in [0.4, 0.5) is 5.69 Å². The first-order valence-electron chi connectivity index (χ1n) is 7.30. The maximum atomic E-state index is 12.4. The van der Waals surface area contributed by atoms with Crippen LogP contribution in [0.5, 0.6) is 0 Å². The van der Waals surface area contributed by atoms with Crippen LogP contribution in [-0.2, 0) is 11.3 Å². The van der Waals surface area contributed by atoms with Gasteiger partial charge in [0.2, 0.25) is 0 Å². The number of para-hydroxylation sites is 1. The summed E-state index contributed by atoms with van der Waals surface area (Å²) in [4.78, 5) is 28.8. The van der Waals surface area contributed by atoms with Crippen molar-refractivity contribution in [1.29, 1.82) is 0 Å². The van der Waals surface area contributed by atoms with Gasteiger partial charge in [-0.05, 0) is 42.8 Å². The van der Waals surface area contributed by atoms with Gasteiger partial charge in [0.05, 0.1) is 22.9 Å². The third-order valence-corrected chi connectivity index (χ3v) is 4.09. The molecule has 0 radical (unpaired) electrons. The Morgan fingerprint density at radius 2 is 1.96 bits per heavy atom. The highest BCUT2D eigenvalue weighted by Crippen LogP contribution is 2.13. The molecule has 7 heteroatoms. The lowest BCUT2D eigenvalue weighted by atomic mass is 10.1. The number of fused-ring (bicyclic) bond motifs is 1. The standard InChI is InChI=1S/C17H15BrN4O2/c1-11-3-2-4-14-16(11)19-10-22(17(14)24)9-15(23)21-20-13-7-5-12(18)6-8-13/h2-8,10,20H,9H2,1H3,(H,21,23). The minimum Gasteiger partial charge on any atom is -0.299 e. The Bertz CT molecular complexity index is 951. The Balaban J connectivity index is 1.72. The molecule has 0 unspecified atom stereocenters. The number of benzene rings is 2. The number of hydrogen-bond acceptors (Lipinski definition) is 4. The van der Waals surface area contributed by atoms with Crippen LogP contribution in [0.3, 0.4) is 0 Å². The van der Waals surface area contributed by atoms with Crippen LogP contribution in [0.15, 0.2) is 58.1 Å². The van der Waals surface area contributed by atoms with Gasteiger partial charge < -0.3 is 0 Å². The molecule has 122 valence electrons. The number of anilines is 1. The van der Waals surface area contributed by atoms with Crippen LogP contribution >= 0.6 is 15.9 Å². The number of amides is 1. The van der Waals surface area contributed by atoms with E-state index in [0.717, 1.165) is 15.7 Å². The highest BCUT2D eigenvalue weighted by Gasteiger charge is 2.09. The van der Waals surface area contributed by atoms with Crippen molar-refractivity contribution in [3.63, 3.8) is 0 Å². The second-order valence-corrected chi connectivity index (χ2v) is 6.24. The molecule has 1 amide bonds. The largest absolute Gasteiger partial charge is 0.299 e. The molecule has 24 heavy (non-hydrogen) atoms. The van der Waals surface area contributed by atoms with Crippen LogP contribution in [0.1, 0.15) is 5.56 Å². The minimum absolute atomic E-state index is 0.112. The van der Waals surface area contributed by atoms with Gasteiger partial charge in [-0.2, -0.15) is 0 Å². The third kappa shape index (κ3) is 3.46. The normalized spacial score (nSPS) is 10.6. The van der Waals surface area contributed by atoms with E-state index < -0.39 is 0 Å². The fourth-order valence-corrected chi connectivity index (χ4v) is 2.58. The number of carbonyl (C=O) groups excluding carboxylic acids is 1. The van der Waals surface area contributed by atoms with E-state index >= 15 is 0 Å². The number of aryl methyl sites for hydroxylation is 1. The Morgan fingerprint density at radius 1 is 1.21 bits per heavy atom. The fourth-order valence-electron chi connectivity index (χ4n) is 2.32. The van der Waals surface area contributed by atoms with Gasteiger partial charge in [-0.3, -0.25) is 25.0 Å². The molecule has 0 fully saturated rings. The van der Waals surface area contributed by atoms with E-state index in [1.807, 2.05) is 37.3 Å². The maximum absolute atomic E-state index is 12.4. The number of nitrogens with one attached hydrogen (secondary N) is 2. The van der Waals surface area contributed by atoms with E-state index in [1.165, 1.54) is 10.9 Å². The van der Waals surface area contributed by atoms with E-state index in [0.29, 0.717) is 10.9 Å². The van der Waals surface area contributed by atoms with Gasteiger partial charge in [0.15, 0.2) is 0 Å². The van der Waals surface area contributed by atoms with Crippen molar-refractivity contribution in [2.45, 2.75) is 13.5 Å². The first-order chi connectivity index (χ1) is 11.5. The summed E-state index contributed by atoms with van der Waals surface area (Å²) in [6.45, 7) is 1.78. The van der Waals surface area contributed by atoms with E-state index in [2.05, 4.69) is 31.8 Å². The molecular formula is C17H15BrN4O2. The van der Waals surface area contributed by atoms with E-state index in [9.17, 15) is 9.59 Å². The average Bonchev–Trinajstić information content (AvgIpc) is 2.57. The van der Waals surface area contributed by atoms with Crippen LogP contribution in [-0.4, -0.2) is 15.5 Å². The zero-order valence-corrected chi connectivity index (χ0v) is 14.5. The molecule has 6 nitrogen and oxygen atoms in total. The van der Waals surface area contributed by atoms with Gasteiger partial charge in [0.25, 0.3) is 11.5 Å². The van der Waals surface area contributed by atoms with Crippen molar-refractivity contribution >= 4 is 38.4 Å². The second-order valence-electron chi connectivity index (χ2n) is 5.33. The highest BCUT2D eigenvalue weighted by atomic mass is 79.9. The van der Waals surface area contributed by atoms with E-state index in [4.69, 9.17) is 0 Å². The summed E-state index contributed by atoms with van der Waals surface area (Å²) < 4.78 is 2.24. The molecule has 0 spiro atoms. The predicted octanol–water partition coefficient (Wildman–Crippen LogP) is 2.61. The smallest absolute Gasteiger partial charge is 0.261 e. The molecule has 0 aliphatic carbocycles. The number of halogens is 1. The first kappa shape index (κ1) is 16.2. The van der Waals surface area contributed by atoms with Gasteiger partial charge in [-0.25, -0.2) is 4.98 Å². The van der Waals surface area contributed by atoms with Crippen molar-refractivity contribution in [2.75, 3.05) is 5.43 Å². The van der Waals surface area contributed by atoms with Crippen LogP contribution in [0.2, 0.25) is 0 Å². The second kappa shape index (κ2) is 6.84. The number of rotatable bonds is 4. The van der Waals surface area contributed by atoms with Crippen molar-refractivity contribution in [1.82, 2.24) is 15.0 Å². The van der Waals surface area contributed by atoms with Gasteiger partial charge in [-0.15, -0.1) is 0 Å². The zero-order valence-electron chi connectivity index (χ0n) is 12.9. The van der Waals surface area contributed by atoms with Crippen LogP contribution in [0.25, 0.3) is 10.9 Å². The van der Waals surface area contributed by atoms with Crippen LogP contribution < -0.4 is 16.4 Å². The topological polar surface area (TPSA) is 76.0 Å². The van der Waals surface area contributed by atoms with E-state index in [-0.39, 0.29) is 18.0 Å². The Kier molecular flexibility index (Phi) is 4.61. The molecule has 2 aromatic carbocycles. The SMILES string of the molecule is Cc1cccc2c(=O)n(CC(=O)NNc3ccc(Br)cc3)cnc12. The quantitative estimate of drug-likeness (QED) is 0.675. The lowest BCUT2D eigenvalue weighted by Crippen LogP contribution is -2.35. The minimum atomic E-state index is -0.339. The Hall–Kier alpha value is -2.67. The molecular weight excluding hydrogens is 372 g/mol. The molecule has 0 saturated heterocycles. The number of aromatic nitrogens is 2. The van der Waals surface area contributed by atoms with Crippen LogP contribution in [0, 0.1) is 6.92 Å². The summed E-state index contributed by atoms with van der Waals surface area (Å²) in [6.07, 6.45) is 1.40. The lowest BCUT2D eigenvalue weighted by molar-refractivity contribution is -0.121. The zero-order chi connectivity index (χ0) is 17.1. The van der Waals surface area contributed by atoms with Crippen molar-refractivity contribution in [3.8, 4) is 0 Å². The monoisotopic (exact) mass is 386 g/mol. The number of hydrogen-bond donors (Lipinski definition) is 2.